The largest absolute Gasteiger partial charge is 0.378 e. The van der Waals surface area contributed by atoms with Gasteiger partial charge in [0.1, 0.15) is 6.17 Å². The Labute approximate surface area is 130 Å². The van der Waals surface area contributed by atoms with Gasteiger partial charge in [-0.1, -0.05) is 54.5 Å². The molecule has 0 aliphatic rings. The van der Waals surface area contributed by atoms with E-state index in [2.05, 4.69) is 42.9 Å². The number of benzene rings is 1. The van der Waals surface area contributed by atoms with Crippen molar-refractivity contribution in [3.05, 3.63) is 33.3 Å². The van der Waals surface area contributed by atoms with Crippen LogP contribution in [-0.2, 0) is 4.74 Å². The van der Waals surface area contributed by atoms with Gasteiger partial charge in [0, 0.05) is 30.5 Å². The minimum Gasteiger partial charge on any atom is -0.378 e. The topological polar surface area (TPSA) is 9.23 Å². The molecule has 108 valence electrons. The molecular formula is C14H21BrClFOSi. The molecule has 0 saturated carbocycles. The quantitative estimate of drug-likeness (QED) is 0.612. The van der Waals surface area contributed by atoms with Crippen molar-refractivity contribution >= 4 is 36.3 Å². The molecule has 1 atom stereocenters. The van der Waals surface area contributed by atoms with Crippen LogP contribution < -0.4 is 0 Å². The molecule has 0 aromatic heterocycles. The Balaban J connectivity index is 2.56. The van der Waals surface area contributed by atoms with Gasteiger partial charge in [0.15, 0.2) is 0 Å². The summed E-state index contributed by atoms with van der Waals surface area (Å²) in [6.45, 7) is 9.62. The van der Waals surface area contributed by atoms with E-state index in [1.165, 1.54) is 0 Å². The van der Waals surface area contributed by atoms with Crippen molar-refractivity contribution in [1.29, 1.82) is 0 Å². The fourth-order valence-electron chi connectivity index (χ4n) is 1.44. The number of hydrogen-bond acceptors (Lipinski definition) is 1. The Bertz CT molecular complexity index is 426. The maximum atomic E-state index is 14.1. The van der Waals surface area contributed by atoms with Crippen LogP contribution in [0, 0.1) is 0 Å². The van der Waals surface area contributed by atoms with Crippen molar-refractivity contribution in [3.63, 3.8) is 0 Å². The Morgan fingerprint density at radius 2 is 2.05 bits per heavy atom. The SMILES string of the molecule is C[SiH](C)C(C)(C)COCC(F)c1cc(Cl)ccc1Br. The van der Waals surface area contributed by atoms with Crippen LogP contribution >= 0.6 is 27.5 Å². The second-order valence-corrected chi connectivity index (χ2v) is 11.0. The van der Waals surface area contributed by atoms with Crippen LogP contribution in [0.5, 0.6) is 0 Å². The summed E-state index contributed by atoms with van der Waals surface area (Å²) < 4.78 is 20.4. The zero-order valence-electron chi connectivity index (χ0n) is 11.8. The monoisotopic (exact) mass is 366 g/mol. The molecule has 1 nitrogen and oxygen atoms in total. The van der Waals surface area contributed by atoms with Crippen molar-refractivity contribution in [2.75, 3.05) is 13.2 Å². The molecule has 0 aliphatic carbocycles. The summed E-state index contributed by atoms with van der Waals surface area (Å²) in [5, 5.41) is 0.724. The summed E-state index contributed by atoms with van der Waals surface area (Å²) in [6.07, 6.45) is -1.15. The van der Waals surface area contributed by atoms with E-state index < -0.39 is 15.0 Å². The Kier molecular flexibility index (Phi) is 6.50. The molecule has 5 heteroatoms. The molecule has 1 unspecified atom stereocenters. The standard InChI is InChI=1S/C14H21BrClFOSi/c1-14(2,19(3)4)9-18-8-13(17)11-7-10(16)5-6-12(11)15/h5-7,13,19H,8-9H2,1-4H3. The molecule has 0 spiro atoms. The summed E-state index contributed by atoms with van der Waals surface area (Å²) >= 11 is 9.22. The van der Waals surface area contributed by atoms with Crippen LogP contribution in [0.1, 0.15) is 25.6 Å². The average Bonchev–Trinajstić information content (AvgIpc) is 2.31. The van der Waals surface area contributed by atoms with Crippen LogP contribution in [0.15, 0.2) is 22.7 Å². The first-order valence-corrected chi connectivity index (χ1v) is 10.5. The molecule has 0 amide bonds. The van der Waals surface area contributed by atoms with Gasteiger partial charge < -0.3 is 4.74 Å². The van der Waals surface area contributed by atoms with E-state index in [0.717, 1.165) is 4.47 Å². The van der Waals surface area contributed by atoms with Crippen molar-refractivity contribution in [3.8, 4) is 0 Å². The molecule has 0 N–H and O–H groups in total. The highest BCUT2D eigenvalue weighted by molar-refractivity contribution is 9.10. The zero-order valence-corrected chi connectivity index (χ0v) is 15.3. The van der Waals surface area contributed by atoms with E-state index in [9.17, 15) is 4.39 Å². The van der Waals surface area contributed by atoms with Crippen molar-refractivity contribution in [2.24, 2.45) is 0 Å². The lowest BCUT2D eigenvalue weighted by Crippen LogP contribution is -2.27. The van der Waals surface area contributed by atoms with Crippen molar-refractivity contribution in [2.45, 2.75) is 38.2 Å². The molecule has 0 aliphatic heterocycles. The fourth-order valence-corrected chi connectivity index (χ4v) is 2.56. The molecule has 1 rings (SSSR count). The molecule has 1 aromatic carbocycles. The maximum Gasteiger partial charge on any atom is 0.149 e. The molecule has 0 saturated heterocycles. The molecule has 0 heterocycles. The van der Waals surface area contributed by atoms with E-state index in [1.807, 2.05) is 0 Å². The van der Waals surface area contributed by atoms with E-state index in [-0.39, 0.29) is 11.6 Å². The Morgan fingerprint density at radius 1 is 1.42 bits per heavy atom. The summed E-state index contributed by atoms with van der Waals surface area (Å²) in [5.74, 6) is 0. The number of rotatable bonds is 6. The van der Waals surface area contributed by atoms with Gasteiger partial charge in [-0.3, -0.25) is 0 Å². The third-order valence-electron chi connectivity index (χ3n) is 3.60. The molecule has 19 heavy (non-hydrogen) atoms. The van der Waals surface area contributed by atoms with Gasteiger partial charge in [0.2, 0.25) is 0 Å². The molecular weight excluding hydrogens is 347 g/mol. The normalized spacial score (nSPS) is 13.9. The highest BCUT2D eigenvalue weighted by Gasteiger charge is 2.24. The van der Waals surface area contributed by atoms with Gasteiger partial charge in [-0.2, -0.15) is 0 Å². The second-order valence-electron chi connectivity index (χ2n) is 5.79. The minimum atomic E-state index is -1.15. The number of ether oxygens (including phenoxy) is 1. The summed E-state index contributed by atoms with van der Waals surface area (Å²) in [6, 6.07) is 5.13. The van der Waals surface area contributed by atoms with E-state index in [1.54, 1.807) is 18.2 Å². The number of halogens is 3. The minimum absolute atomic E-state index is 0.0729. The van der Waals surface area contributed by atoms with E-state index >= 15 is 0 Å². The first kappa shape index (κ1) is 17.1. The van der Waals surface area contributed by atoms with Gasteiger partial charge in [0.05, 0.1) is 6.61 Å². The predicted molar refractivity (Wildman–Crippen MR) is 86.7 cm³/mol. The fraction of sp³-hybridized carbons (Fsp3) is 0.571. The highest BCUT2D eigenvalue weighted by atomic mass is 79.9. The lowest BCUT2D eigenvalue weighted by Gasteiger charge is -2.28. The smallest absolute Gasteiger partial charge is 0.149 e. The lowest BCUT2D eigenvalue weighted by molar-refractivity contribution is 0.0663. The zero-order chi connectivity index (χ0) is 14.6. The third-order valence-corrected chi connectivity index (χ3v) is 7.85. The summed E-state index contributed by atoms with van der Waals surface area (Å²) in [4.78, 5) is 0. The first-order chi connectivity index (χ1) is 8.74. The molecule has 0 fully saturated rings. The van der Waals surface area contributed by atoms with Crippen molar-refractivity contribution in [1.82, 2.24) is 0 Å². The van der Waals surface area contributed by atoms with Gasteiger partial charge in [-0.15, -0.1) is 0 Å². The van der Waals surface area contributed by atoms with Crippen LogP contribution in [0.25, 0.3) is 0 Å². The van der Waals surface area contributed by atoms with E-state index in [0.29, 0.717) is 17.2 Å². The van der Waals surface area contributed by atoms with Crippen LogP contribution in [-0.4, -0.2) is 22.0 Å². The predicted octanol–water partition coefficient (Wildman–Crippen LogP) is 5.40. The van der Waals surface area contributed by atoms with Gasteiger partial charge in [-0.05, 0) is 23.2 Å². The van der Waals surface area contributed by atoms with Gasteiger partial charge >= 0.3 is 0 Å². The Hall–Kier alpha value is 0.0969. The number of hydrogen-bond donors (Lipinski definition) is 0. The average molecular weight is 368 g/mol. The van der Waals surface area contributed by atoms with Gasteiger partial charge in [-0.25, -0.2) is 4.39 Å². The highest BCUT2D eigenvalue weighted by Crippen LogP contribution is 2.31. The third kappa shape index (κ3) is 5.18. The van der Waals surface area contributed by atoms with Gasteiger partial charge in [0.25, 0.3) is 0 Å². The van der Waals surface area contributed by atoms with E-state index in [4.69, 9.17) is 16.3 Å². The van der Waals surface area contributed by atoms with Crippen LogP contribution in [0.4, 0.5) is 4.39 Å². The van der Waals surface area contributed by atoms with Crippen LogP contribution in [0.3, 0.4) is 0 Å². The summed E-state index contributed by atoms with van der Waals surface area (Å²) in [5.41, 5.74) is 0.548. The molecule has 1 aromatic rings. The molecule has 0 bridgehead atoms. The van der Waals surface area contributed by atoms with Crippen molar-refractivity contribution < 1.29 is 9.13 Å². The maximum absolute atomic E-state index is 14.1. The summed E-state index contributed by atoms with van der Waals surface area (Å²) in [7, 11) is -0.812. The van der Waals surface area contributed by atoms with Crippen LogP contribution in [0.2, 0.25) is 23.2 Å². The first-order valence-electron chi connectivity index (χ1n) is 6.41. The number of alkyl halides is 1. The molecule has 0 radical (unpaired) electrons. The Morgan fingerprint density at radius 3 is 2.63 bits per heavy atom. The second kappa shape index (κ2) is 7.20. The lowest BCUT2D eigenvalue weighted by atomic mass is 10.1.